The van der Waals surface area contributed by atoms with E-state index in [2.05, 4.69) is 11.4 Å². The topological polar surface area (TPSA) is 45.1 Å². The quantitative estimate of drug-likeness (QED) is 0.441. The molecule has 98 valence electrons. The maximum absolute atomic E-state index is 9.18. The van der Waals surface area contributed by atoms with E-state index >= 15 is 0 Å². The second-order valence-electron chi connectivity index (χ2n) is 5.04. The van der Waals surface area contributed by atoms with E-state index in [0.29, 0.717) is 0 Å². The summed E-state index contributed by atoms with van der Waals surface area (Å²) in [5, 5.41) is 12.7. The van der Waals surface area contributed by atoms with E-state index in [-0.39, 0.29) is 11.0 Å². The third-order valence-corrected chi connectivity index (χ3v) is 5.09. The predicted octanol–water partition coefficient (Wildman–Crippen LogP) is 3.80. The van der Waals surface area contributed by atoms with Gasteiger partial charge in [-0.15, -0.1) is 11.8 Å². The first-order chi connectivity index (χ1) is 8.33. The third-order valence-electron chi connectivity index (χ3n) is 3.89. The standard InChI is InChI=1S/C13H23NO2S/c1-17-13-11(14-15)9-7-5-3-2-4-6-8-10-12(13)16-13/h12,15H,2-10H2,1H3/b14-11+. The van der Waals surface area contributed by atoms with Gasteiger partial charge in [0, 0.05) is 0 Å². The number of hydrogen-bond acceptors (Lipinski definition) is 4. The second-order valence-corrected chi connectivity index (χ2v) is 6.05. The SMILES string of the molecule is CSC12OC1CCCCCCCCC/C2=N\O. The Hall–Kier alpha value is -0.220. The molecule has 0 bridgehead atoms. The molecule has 0 radical (unpaired) electrons. The van der Waals surface area contributed by atoms with Crippen LogP contribution in [0.2, 0.25) is 0 Å². The number of nitrogens with zero attached hydrogens (tertiary/aromatic N) is 1. The molecule has 2 rings (SSSR count). The highest BCUT2D eigenvalue weighted by atomic mass is 32.2. The van der Waals surface area contributed by atoms with Crippen molar-refractivity contribution in [3.05, 3.63) is 0 Å². The van der Waals surface area contributed by atoms with Crippen molar-refractivity contribution in [1.29, 1.82) is 0 Å². The molecule has 4 heteroatoms. The molecule has 1 saturated heterocycles. The number of thioether (sulfide) groups is 1. The summed E-state index contributed by atoms with van der Waals surface area (Å²) < 4.78 is 5.84. The van der Waals surface area contributed by atoms with Crippen LogP contribution in [0.3, 0.4) is 0 Å². The monoisotopic (exact) mass is 257 g/mol. The number of fused-ring (bicyclic) bond motifs is 1. The van der Waals surface area contributed by atoms with Gasteiger partial charge in [0.1, 0.15) is 11.8 Å². The van der Waals surface area contributed by atoms with Gasteiger partial charge in [-0.3, -0.25) is 0 Å². The van der Waals surface area contributed by atoms with E-state index in [0.717, 1.165) is 25.0 Å². The fraction of sp³-hybridized carbons (Fsp3) is 0.923. The number of epoxide rings is 1. The molecule has 1 N–H and O–H groups in total. The summed E-state index contributed by atoms with van der Waals surface area (Å²) in [6.45, 7) is 0. The number of oxime groups is 1. The predicted molar refractivity (Wildman–Crippen MR) is 71.9 cm³/mol. The van der Waals surface area contributed by atoms with Gasteiger partial charge >= 0.3 is 0 Å². The van der Waals surface area contributed by atoms with Crippen molar-refractivity contribution in [1.82, 2.24) is 0 Å². The Morgan fingerprint density at radius 3 is 2.47 bits per heavy atom. The molecule has 0 amide bonds. The van der Waals surface area contributed by atoms with Crippen molar-refractivity contribution >= 4 is 17.5 Å². The van der Waals surface area contributed by atoms with Crippen LogP contribution in [0.25, 0.3) is 0 Å². The van der Waals surface area contributed by atoms with Crippen LogP contribution in [-0.4, -0.2) is 28.2 Å². The molecule has 0 aromatic rings. The van der Waals surface area contributed by atoms with Gasteiger partial charge in [0.05, 0.1) is 0 Å². The first kappa shape index (κ1) is 13.2. The van der Waals surface area contributed by atoms with Crippen LogP contribution >= 0.6 is 11.8 Å². The Balaban J connectivity index is 1.99. The molecule has 2 fully saturated rings. The smallest absolute Gasteiger partial charge is 0.181 e. The van der Waals surface area contributed by atoms with Gasteiger partial charge in [-0.2, -0.15) is 0 Å². The summed E-state index contributed by atoms with van der Waals surface area (Å²) in [6.07, 6.45) is 13.3. The van der Waals surface area contributed by atoms with Gasteiger partial charge in [-0.05, 0) is 25.5 Å². The van der Waals surface area contributed by atoms with Gasteiger partial charge in [-0.1, -0.05) is 43.7 Å². The van der Waals surface area contributed by atoms with Gasteiger partial charge in [0.2, 0.25) is 0 Å². The maximum Gasteiger partial charge on any atom is 0.181 e. The van der Waals surface area contributed by atoms with E-state index in [1.807, 2.05) is 0 Å². The van der Waals surface area contributed by atoms with E-state index in [1.54, 1.807) is 11.8 Å². The lowest BCUT2D eigenvalue weighted by molar-refractivity contribution is 0.309. The molecule has 3 nitrogen and oxygen atoms in total. The van der Waals surface area contributed by atoms with Crippen LogP contribution in [0.15, 0.2) is 5.16 Å². The van der Waals surface area contributed by atoms with Gasteiger partial charge in [0.25, 0.3) is 0 Å². The highest BCUT2D eigenvalue weighted by Crippen LogP contribution is 2.50. The molecule has 1 heterocycles. The van der Waals surface area contributed by atoms with Crippen molar-refractivity contribution in [3.8, 4) is 0 Å². The Labute approximate surface area is 108 Å². The van der Waals surface area contributed by atoms with Crippen molar-refractivity contribution < 1.29 is 9.94 Å². The summed E-state index contributed by atoms with van der Waals surface area (Å²) in [5.41, 5.74) is 0.857. The van der Waals surface area contributed by atoms with E-state index < -0.39 is 0 Å². The molecule has 2 unspecified atom stereocenters. The Morgan fingerprint density at radius 2 is 1.82 bits per heavy atom. The lowest BCUT2D eigenvalue weighted by Gasteiger charge is -2.13. The van der Waals surface area contributed by atoms with Crippen LogP contribution in [-0.2, 0) is 4.74 Å². The van der Waals surface area contributed by atoms with Crippen LogP contribution in [0.4, 0.5) is 0 Å². The minimum Gasteiger partial charge on any atom is -0.411 e. The van der Waals surface area contributed by atoms with E-state index in [9.17, 15) is 5.21 Å². The minimum atomic E-state index is -0.284. The minimum absolute atomic E-state index is 0.280. The van der Waals surface area contributed by atoms with Crippen molar-refractivity contribution in [2.45, 2.75) is 68.8 Å². The average Bonchev–Trinajstić information content (AvgIpc) is 3.04. The zero-order valence-corrected chi connectivity index (χ0v) is 11.5. The number of rotatable bonds is 1. The zero-order valence-electron chi connectivity index (χ0n) is 10.7. The molecule has 1 aliphatic heterocycles. The van der Waals surface area contributed by atoms with Gasteiger partial charge < -0.3 is 9.94 Å². The maximum atomic E-state index is 9.18. The lowest BCUT2D eigenvalue weighted by atomic mass is 9.99. The molecule has 0 aromatic carbocycles. The third kappa shape index (κ3) is 2.97. The largest absolute Gasteiger partial charge is 0.411 e. The molecular weight excluding hydrogens is 234 g/mol. The molecule has 0 spiro atoms. The van der Waals surface area contributed by atoms with Crippen molar-refractivity contribution in [3.63, 3.8) is 0 Å². The second kappa shape index (κ2) is 6.10. The van der Waals surface area contributed by atoms with Crippen molar-refractivity contribution in [2.75, 3.05) is 6.26 Å². The van der Waals surface area contributed by atoms with E-state index in [1.165, 1.54) is 38.5 Å². The normalized spacial score (nSPS) is 37.9. The van der Waals surface area contributed by atoms with Crippen LogP contribution in [0.1, 0.15) is 57.8 Å². The van der Waals surface area contributed by atoms with Gasteiger partial charge in [0.15, 0.2) is 4.93 Å². The summed E-state index contributed by atoms with van der Waals surface area (Å²) in [7, 11) is 0. The number of ether oxygens (including phenoxy) is 1. The fourth-order valence-corrected chi connectivity index (χ4v) is 3.75. The molecule has 1 saturated carbocycles. The summed E-state index contributed by atoms with van der Waals surface area (Å²) >= 11 is 1.69. The zero-order chi connectivity index (χ0) is 12.1. The summed E-state index contributed by atoms with van der Waals surface area (Å²) in [6, 6.07) is 0. The molecule has 1 aliphatic carbocycles. The molecule has 0 aromatic heterocycles. The van der Waals surface area contributed by atoms with Gasteiger partial charge in [-0.25, -0.2) is 0 Å². The molecular formula is C13H23NO2S. The first-order valence-corrected chi connectivity index (χ1v) is 8.00. The molecule has 2 atom stereocenters. The highest BCUT2D eigenvalue weighted by molar-refractivity contribution is 8.00. The van der Waals surface area contributed by atoms with Crippen LogP contribution in [0, 0.1) is 0 Å². The van der Waals surface area contributed by atoms with Crippen LogP contribution in [0.5, 0.6) is 0 Å². The molecule has 2 aliphatic rings. The Kier molecular flexibility index (Phi) is 4.74. The van der Waals surface area contributed by atoms with E-state index in [4.69, 9.17) is 4.74 Å². The Morgan fingerprint density at radius 1 is 1.18 bits per heavy atom. The molecule has 17 heavy (non-hydrogen) atoms. The Bertz CT molecular complexity index is 283. The highest BCUT2D eigenvalue weighted by Gasteiger charge is 2.59. The average molecular weight is 257 g/mol. The number of hydrogen-bond donors (Lipinski definition) is 1. The first-order valence-electron chi connectivity index (χ1n) is 6.78. The fourth-order valence-electron chi connectivity index (χ4n) is 2.78. The summed E-state index contributed by atoms with van der Waals surface area (Å²) in [4.78, 5) is -0.284. The van der Waals surface area contributed by atoms with Crippen molar-refractivity contribution in [2.24, 2.45) is 5.16 Å². The van der Waals surface area contributed by atoms with Crippen LogP contribution < -0.4 is 0 Å². The lowest BCUT2D eigenvalue weighted by Crippen LogP contribution is -2.24. The summed E-state index contributed by atoms with van der Waals surface area (Å²) in [5.74, 6) is 0.